The number of rotatable bonds is 4. The van der Waals surface area contributed by atoms with Gasteiger partial charge in [0.25, 0.3) is 0 Å². The monoisotopic (exact) mass is 190 g/mol. The van der Waals surface area contributed by atoms with Gasteiger partial charge in [0.2, 0.25) is 5.91 Å². The van der Waals surface area contributed by atoms with Gasteiger partial charge in [-0.25, -0.2) is 0 Å². The predicted octanol–water partition coefficient (Wildman–Crippen LogP) is -1.72. The molecular formula is C7H14N2O4. The molecule has 0 aliphatic rings. The van der Waals surface area contributed by atoms with Crippen molar-refractivity contribution in [2.75, 3.05) is 0 Å². The number of aliphatic carboxylic acids is 1. The van der Waals surface area contributed by atoms with Crippen LogP contribution in [0.15, 0.2) is 0 Å². The lowest BCUT2D eigenvalue weighted by Gasteiger charge is -2.16. The molecule has 76 valence electrons. The quantitative estimate of drug-likeness (QED) is 0.421. The Bertz CT molecular complexity index is 205. The third-order valence-electron chi connectivity index (χ3n) is 1.55. The second kappa shape index (κ2) is 4.78. The molecule has 0 aromatic heterocycles. The number of carbonyl (C=O) groups excluding carboxylic acids is 1. The van der Waals surface area contributed by atoms with Gasteiger partial charge in [-0.15, -0.1) is 0 Å². The first-order chi connectivity index (χ1) is 5.86. The van der Waals surface area contributed by atoms with Gasteiger partial charge in [0, 0.05) is 0 Å². The van der Waals surface area contributed by atoms with E-state index in [0.717, 1.165) is 0 Å². The Kier molecular flexibility index (Phi) is 4.36. The number of carboxylic acids is 1. The van der Waals surface area contributed by atoms with E-state index < -0.39 is 30.1 Å². The maximum absolute atomic E-state index is 11.0. The van der Waals surface area contributed by atoms with Crippen molar-refractivity contribution >= 4 is 11.9 Å². The molecule has 0 fully saturated rings. The highest BCUT2D eigenvalue weighted by atomic mass is 16.4. The van der Waals surface area contributed by atoms with Crippen molar-refractivity contribution in [1.29, 1.82) is 0 Å². The number of carboxylic acid groups (broad SMARTS) is 1. The minimum atomic E-state index is -1.15. The summed E-state index contributed by atoms with van der Waals surface area (Å²) in [7, 11) is 0. The molecule has 0 aromatic rings. The lowest BCUT2D eigenvalue weighted by molar-refractivity contribution is -0.141. The van der Waals surface area contributed by atoms with Crippen molar-refractivity contribution in [2.24, 2.45) is 5.73 Å². The lowest BCUT2D eigenvalue weighted by atomic mass is 10.2. The van der Waals surface area contributed by atoms with Gasteiger partial charge >= 0.3 is 5.97 Å². The second-order valence-corrected chi connectivity index (χ2v) is 2.83. The number of hydrogen-bond acceptors (Lipinski definition) is 4. The number of hydrogen-bond donors (Lipinski definition) is 4. The third kappa shape index (κ3) is 3.86. The molecule has 0 saturated heterocycles. The van der Waals surface area contributed by atoms with E-state index in [1.54, 1.807) is 0 Å². The summed E-state index contributed by atoms with van der Waals surface area (Å²) in [5.74, 6) is -1.82. The summed E-state index contributed by atoms with van der Waals surface area (Å²) in [6.45, 7) is 2.67. The number of amides is 1. The molecule has 13 heavy (non-hydrogen) atoms. The number of aliphatic hydroxyl groups is 1. The Balaban J connectivity index is 4.08. The van der Waals surface area contributed by atoms with Gasteiger partial charge in [-0.1, -0.05) is 0 Å². The minimum absolute atomic E-state index is 0.676. The summed E-state index contributed by atoms with van der Waals surface area (Å²) in [5, 5.41) is 19.5. The van der Waals surface area contributed by atoms with Gasteiger partial charge < -0.3 is 21.3 Å². The number of nitrogens with one attached hydrogen (secondary N) is 1. The van der Waals surface area contributed by atoms with Crippen LogP contribution in [0, 0.1) is 0 Å². The van der Waals surface area contributed by atoms with Crippen LogP contribution < -0.4 is 11.1 Å². The van der Waals surface area contributed by atoms with Crippen LogP contribution in [0.3, 0.4) is 0 Å². The SMILES string of the molecule is CC(NC(=O)C(N)C(C)O)C(=O)O. The van der Waals surface area contributed by atoms with Gasteiger partial charge in [0.15, 0.2) is 0 Å². The molecule has 0 aliphatic heterocycles. The number of carbonyl (C=O) groups is 2. The van der Waals surface area contributed by atoms with Crippen molar-refractivity contribution in [3.63, 3.8) is 0 Å². The van der Waals surface area contributed by atoms with Gasteiger partial charge in [-0.3, -0.25) is 9.59 Å². The van der Waals surface area contributed by atoms with Crippen molar-refractivity contribution in [3.05, 3.63) is 0 Å². The highest BCUT2D eigenvalue weighted by Crippen LogP contribution is 1.90. The molecule has 0 saturated carbocycles. The fourth-order valence-corrected chi connectivity index (χ4v) is 0.590. The zero-order valence-corrected chi connectivity index (χ0v) is 7.52. The summed E-state index contributed by atoms with van der Waals surface area (Å²) < 4.78 is 0. The molecule has 0 radical (unpaired) electrons. The molecule has 0 bridgehead atoms. The molecule has 0 heterocycles. The Hall–Kier alpha value is -1.14. The van der Waals surface area contributed by atoms with Crippen LogP contribution in [0.25, 0.3) is 0 Å². The van der Waals surface area contributed by atoms with E-state index >= 15 is 0 Å². The zero-order valence-electron chi connectivity index (χ0n) is 7.52. The van der Waals surface area contributed by atoms with Crippen molar-refractivity contribution in [1.82, 2.24) is 5.32 Å². The average molecular weight is 190 g/mol. The van der Waals surface area contributed by atoms with Gasteiger partial charge in [-0.05, 0) is 13.8 Å². The van der Waals surface area contributed by atoms with Crippen molar-refractivity contribution in [3.8, 4) is 0 Å². The molecule has 3 atom stereocenters. The molecule has 6 heteroatoms. The number of nitrogens with two attached hydrogens (primary N) is 1. The first-order valence-electron chi connectivity index (χ1n) is 3.83. The number of aliphatic hydroxyl groups excluding tert-OH is 1. The van der Waals surface area contributed by atoms with E-state index in [0.29, 0.717) is 0 Å². The van der Waals surface area contributed by atoms with E-state index in [4.69, 9.17) is 15.9 Å². The second-order valence-electron chi connectivity index (χ2n) is 2.83. The molecule has 0 rings (SSSR count). The normalized spacial score (nSPS) is 17.2. The highest BCUT2D eigenvalue weighted by Gasteiger charge is 2.22. The molecule has 0 aromatic carbocycles. The van der Waals surface area contributed by atoms with Gasteiger partial charge in [-0.2, -0.15) is 0 Å². The van der Waals surface area contributed by atoms with Crippen LogP contribution >= 0.6 is 0 Å². The smallest absolute Gasteiger partial charge is 0.325 e. The van der Waals surface area contributed by atoms with Crippen LogP contribution in [0.1, 0.15) is 13.8 Å². The standard InChI is InChI=1S/C7H14N2O4/c1-3(7(12)13)9-6(11)5(8)4(2)10/h3-5,10H,8H2,1-2H3,(H,9,11)(H,12,13). The van der Waals surface area contributed by atoms with Crippen LogP contribution in [-0.4, -0.2) is 40.3 Å². The van der Waals surface area contributed by atoms with E-state index in [2.05, 4.69) is 5.32 Å². The summed E-state index contributed by atoms with van der Waals surface area (Å²) in [6, 6.07) is -2.10. The zero-order chi connectivity index (χ0) is 10.6. The molecule has 1 amide bonds. The maximum Gasteiger partial charge on any atom is 0.325 e. The van der Waals surface area contributed by atoms with Crippen LogP contribution in [0.4, 0.5) is 0 Å². The Morgan fingerprint density at radius 2 is 1.85 bits per heavy atom. The van der Waals surface area contributed by atoms with Crippen LogP contribution in [0.5, 0.6) is 0 Å². The average Bonchev–Trinajstić information content (AvgIpc) is 2.02. The van der Waals surface area contributed by atoms with Crippen molar-refractivity contribution < 1.29 is 19.8 Å². The minimum Gasteiger partial charge on any atom is -0.480 e. The largest absolute Gasteiger partial charge is 0.480 e. The third-order valence-corrected chi connectivity index (χ3v) is 1.55. The summed E-state index contributed by atoms with van der Waals surface area (Å²) >= 11 is 0. The maximum atomic E-state index is 11.0. The molecule has 0 aliphatic carbocycles. The summed E-state index contributed by atoms with van der Waals surface area (Å²) in [5.41, 5.74) is 5.25. The molecule has 0 spiro atoms. The lowest BCUT2D eigenvalue weighted by Crippen LogP contribution is -2.51. The first-order valence-corrected chi connectivity index (χ1v) is 3.83. The van der Waals surface area contributed by atoms with Gasteiger partial charge in [0.05, 0.1) is 6.10 Å². The Morgan fingerprint density at radius 3 is 2.15 bits per heavy atom. The Morgan fingerprint density at radius 1 is 1.38 bits per heavy atom. The van der Waals surface area contributed by atoms with E-state index in [-0.39, 0.29) is 0 Å². The molecular weight excluding hydrogens is 176 g/mol. The van der Waals surface area contributed by atoms with E-state index in [1.165, 1.54) is 13.8 Å². The Labute approximate surface area is 75.7 Å². The van der Waals surface area contributed by atoms with Crippen LogP contribution in [0.2, 0.25) is 0 Å². The first kappa shape index (κ1) is 11.9. The topological polar surface area (TPSA) is 113 Å². The van der Waals surface area contributed by atoms with E-state index in [9.17, 15) is 9.59 Å². The molecule has 3 unspecified atom stereocenters. The van der Waals surface area contributed by atoms with Crippen molar-refractivity contribution in [2.45, 2.75) is 32.0 Å². The summed E-state index contributed by atoms with van der Waals surface area (Å²) in [6.07, 6.45) is -0.999. The molecule has 5 N–H and O–H groups in total. The van der Waals surface area contributed by atoms with Crippen LogP contribution in [-0.2, 0) is 9.59 Å². The predicted molar refractivity (Wildman–Crippen MR) is 44.9 cm³/mol. The highest BCUT2D eigenvalue weighted by molar-refractivity contribution is 5.86. The fraction of sp³-hybridized carbons (Fsp3) is 0.714. The van der Waals surface area contributed by atoms with E-state index in [1.807, 2.05) is 0 Å². The van der Waals surface area contributed by atoms with Gasteiger partial charge in [0.1, 0.15) is 12.1 Å². The summed E-state index contributed by atoms with van der Waals surface area (Å²) in [4.78, 5) is 21.3. The molecule has 6 nitrogen and oxygen atoms in total. The fourth-order valence-electron chi connectivity index (χ4n) is 0.590.